The molecule has 0 atom stereocenters. The molecule has 4 heterocycles. The maximum Gasteiger partial charge on any atom is 0.0620 e. The maximum atomic E-state index is 2.61. The molecule has 20 aromatic rings. The van der Waals surface area contributed by atoms with E-state index < -0.39 is 0 Å². The SMILES string of the molecule is CCn1c2ccccc2c2cc(-n3c(-c4ccccc4)c4c(-c5ccccc5)c(-c5ccccc5)c(-c5ccc(-c6ccc(-n7c8ccccc8c8cc9c(cc87)c7ccccc7n9-c7cccc8ccccc78)c7ccccc67)cc5)c(-c5ccccc5)c4c3-c3ccccc3)ccc21. The summed E-state index contributed by atoms with van der Waals surface area (Å²) in [5.74, 6) is 0. The first-order valence-electron chi connectivity index (χ1n) is 34.8. The van der Waals surface area contributed by atoms with Gasteiger partial charge >= 0.3 is 0 Å². The van der Waals surface area contributed by atoms with Gasteiger partial charge in [-0.2, -0.15) is 0 Å². The number of hydrogen-bond donors (Lipinski definition) is 0. The van der Waals surface area contributed by atoms with E-state index in [2.05, 4.69) is 383 Å². The molecular weight excluding hydrogens is 1210 g/mol. The van der Waals surface area contributed by atoms with Gasteiger partial charge in [-0.05, 0) is 134 Å². The Kier molecular flexibility index (Phi) is 13.2. The third-order valence-corrected chi connectivity index (χ3v) is 21.1. The molecule has 0 saturated heterocycles. The molecule has 4 heteroatoms. The van der Waals surface area contributed by atoms with Crippen LogP contribution in [0.15, 0.2) is 358 Å². The van der Waals surface area contributed by atoms with E-state index in [0.717, 1.165) is 68.3 Å². The zero-order chi connectivity index (χ0) is 65.9. The quantitative estimate of drug-likeness (QED) is 0.123. The zero-order valence-corrected chi connectivity index (χ0v) is 55.1. The first-order chi connectivity index (χ1) is 49.6. The summed E-state index contributed by atoms with van der Waals surface area (Å²) >= 11 is 0. The lowest BCUT2D eigenvalue weighted by molar-refractivity contribution is 0.827. The van der Waals surface area contributed by atoms with E-state index in [1.807, 2.05) is 0 Å². The molecular formula is C96H64N4. The van der Waals surface area contributed by atoms with Crippen molar-refractivity contribution in [3.05, 3.63) is 358 Å². The van der Waals surface area contributed by atoms with Crippen molar-refractivity contribution in [3.63, 3.8) is 0 Å². The van der Waals surface area contributed by atoms with E-state index >= 15 is 0 Å². The molecule has 0 fully saturated rings. The summed E-state index contributed by atoms with van der Waals surface area (Å²) in [5.41, 5.74) is 26.7. The zero-order valence-electron chi connectivity index (χ0n) is 55.1. The van der Waals surface area contributed by atoms with Gasteiger partial charge in [0.05, 0.1) is 44.8 Å². The third-order valence-electron chi connectivity index (χ3n) is 21.1. The summed E-state index contributed by atoms with van der Waals surface area (Å²) in [4.78, 5) is 0. The van der Waals surface area contributed by atoms with Crippen LogP contribution in [0.2, 0.25) is 0 Å². The fourth-order valence-electron chi connectivity index (χ4n) is 16.9. The monoisotopic (exact) mass is 1270 g/mol. The highest BCUT2D eigenvalue weighted by Crippen LogP contribution is 2.58. The molecule has 0 bridgehead atoms. The van der Waals surface area contributed by atoms with E-state index in [9.17, 15) is 0 Å². The van der Waals surface area contributed by atoms with Gasteiger partial charge in [0.25, 0.3) is 0 Å². The van der Waals surface area contributed by atoms with Crippen LogP contribution < -0.4 is 0 Å². The lowest BCUT2D eigenvalue weighted by Crippen LogP contribution is -2.00. The first-order valence-corrected chi connectivity index (χ1v) is 34.8. The number of fused-ring (bicyclic) bond motifs is 12. The van der Waals surface area contributed by atoms with Crippen LogP contribution in [0, 0.1) is 0 Å². The van der Waals surface area contributed by atoms with Crippen LogP contribution in [0.3, 0.4) is 0 Å². The summed E-state index contributed by atoms with van der Waals surface area (Å²) in [5, 5.41) is 14.6. The molecule has 0 unspecified atom stereocenters. The Hall–Kier alpha value is -13.0. The number of para-hydroxylation sites is 3. The number of aryl methyl sites for hydroxylation is 1. The van der Waals surface area contributed by atoms with E-state index in [1.165, 1.54) is 131 Å². The predicted molar refractivity (Wildman–Crippen MR) is 424 cm³/mol. The van der Waals surface area contributed by atoms with Crippen molar-refractivity contribution in [2.24, 2.45) is 0 Å². The van der Waals surface area contributed by atoms with Gasteiger partial charge in [0.15, 0.2) is 0 Å². The summed E-state index contributed by atoms with van der Waals surface area (Å²) in [6.45, 7) is 3.12. The number of hydrogen-bond acceptors (Lipinski definition) is 0. The Morgan fingerprint density at radius 1 is 0.220 bits per heavy atom. The molecule has 4 aromatic heterocycles. The van der Waals surface area contributed by atoms with Crippen LogP contribution in [-0.4, -0.2) is 18.3 Å². The second-order valence-electron chi connectivity index (χ2n) is 26.4. The Labute approximate surface area is 579 Å². The molecule has 4 nitrogen and oxygen atoms in total. The largest absolute Gasteiger partial charge is 0.341 e. The Morgan fingerprint density at radius 2 is 0.600 bits per heavy atom. The van der Waals surface area contributed by atoms with Crippen molar-refractivity contribution in [1.82, 2.24) is 18.3 Å². The summed E-state index contributed by atoms with van der Waals surface area (Å²) in [6, 6.07) is 133. The molecule has 0 amide bonds. The van der Waals surface area contributed by atoms with Gasteiger partial charge in [-0.25, -0.2) is 0 Å². The lowest BCUT2D eigenvalue weighted by atomic mass is 9.78. The molecule has 0 saturated carbocycles. The third kappa shape index (κ3) is 8.73. The van der Waals surface area contributed by atoms with E-state index in [0.29, 0.717) is 0 Å². The van der Waals surface area contributed by atoms with Crippen molar-refractivity contribution in [1.29, 1.82) is 0 Å². The topological polar surface area (TPSA) is 19.7 Å². The van der Waals surface area contributed by atoms with Crippen molar-refractivity contribution < 1.29 is 0 Å². The van der Waals surface area contributed by atoms with Crippen molar-refractivity contribution in [2.45, 2.75) is 13.5 Å². The highest BCUT2D eigenvalue weighted by Gasteiger charge is 2.33. The van der Waals surface area contributed by atoms with E-state index in [4.69, 9.17) is 0 Å². The highest BCUT2D eigenvalue weighted by molar-refractivity contribution is 6.27. The molecule has 468 valence electrons. The second kappa shape index (κ2) is 23.1. The number of rotatable bonds is 11. The average Bonchev–Trinajstić information content (AvgIpc) is 1.49. The molecule has 100 heavy (non-hydrogen) atoms. The van der Waals surface area contributed by atoms with Crippen LogP contribution in [0.25, 0.3) is 193 Å². The van der Waals surface area contributed by atoms with Crippen molar-refractivity contribution in [2.75, 3.05) is 0 Å². The minimum atomic E-state index is 0.868. The molecule has 0 spiro atoms. The molecule has 0 aliphatic heterocycles. The smallest absolute Gasteiger partial charge is 0.0620 e. The summed E-state index contributed by atoms with van der Waals surface area (Å²) < 4.78 is 10.1. The van der Waals surface area contributed by atoms with E-state index in [1.54, 1.807) is 0 Å². The molecule has 16 aromatic carbocycles. The van der Waals surface area contributed by atoms with Crippen LogP contribution in [0.1, 0.15) is 6.92 Å². The molecule has 0 aliphatic rings. The molecule has 0 aliphatic carbocycles. The second-order valence-corrected chi connectivity index (χ2v) is 26.4. The standard InChI is InChI=1S/C96H64N4/c1-2-97-81-47-25-22-44-75(81)78-59-70(55-57-82(78)97)98-95(68-36-14-6-15-37-68)93-91(65-32-10-4-11-33-65)89(64-30-8-3-9-31-64)90(92(66-34-12-5-13-35-66)94(93)96(98)69-38-16-7-17-39-69)67-53-51-63(52-54-67)71-56-58-86(74-43-21-20-42-73(71)74)100-85-49-27-24-46-77(85)80-60-87-79(61-88(80)100)76-45-23-26-48-84(76)99(87)83-50-28-40-62-29-18-19-41-72(62)83/h3-61H,2H2,1H3. The molecule has 20 rings (SSSR count). The van der Waals surface area contributed by atoms with E-state index in [-0.39, 0.29) is 0 Å². The van der Waals surface area contributed by atoms with Crippen molar-refractivity contribution in [3.8, 4) is 95.2 Å². The van der Waals surface area contributed by atoms with Crippen LogP contribution in [-0.2, 0) is 6.54 Å². The van der Waals surface area contributed by atoms with Crippen LogP contribution >= 0.6 is 0 Å². The van der Waals surface area contributed by atoms with Crippen LogP contribution in [0.4, 0.5) is 0 Å². The Balaban J connectivity index is 0.841. The lowest BCUT2D eigenvalue weighted by Gasteiger charge is -2.24. The first kappa shape index (κ1) is 57.2. The minimum absolute atomic E-state index is 0.868. The molecule has 0 radical (unpaired) electrons. The van der Waals surface area contributed by atoms with Gasteiger partial charge in [-0.1, -0.05) is 297 Å². The van der Waals surface area contributed by atoms with Gasteiger partial charge in [0, 0.05) is 88.3 Å². The normalized spacial score (nSPS) is 11.9. The maximum absolute atomic E-state index is 2.61. The number of benzene rings is 16. The predicted octanol–water partition coefficient (Wildman–Crippen LogP) is 25.9. The summed E-state index contributed by atoms with van der Waals surface area (Å²) in [6.07, 6.45) is 0. The van der Waals surface area contributed by atoms with Gasteiger partial charge in [0.1, 0.15) is 0 Å². The number of nitrogens with zero attached hydrogens (tertiary/aromatic N) is 4. The fourth-order valence-corrected chi connectivity index (χ4v) is 16.9. The average molecular weight is 1270 g/mol. The fraction of sp³-hybridized carbons (Fsp3) is 0.0208. The Morgan fingerprint density at radius 3 is 1.13 bits per heavy atom. The highest BCUT2D eigenvalue weighted by atomic mass is 15.0. The van der Waals surface area contributed by atoms with Gasteiger partial charge in [-0.3, -0.25) is 0 Å². The van der Waals surface area contributed by atoms with Gasteiger partial charge < -0.3 is 18.3 Å². The Bertz CT molecular complexity index is 6630. The van der Waals surface area contributed by atoms with Gasteiger partial charge in [-0.15, -0.1) is 0 Å². The summed E-state index contributed by atoms with van der Waals surface area (Å²) in [7, 11) is 0. The van der Waals surface area contributed by atoms with Crippen molar-refractivity contribution >= 4 is 97.7 Å². The molecule has 0 N–H and O–H groups in total. The number of aromatic nitrogens is 4. The van der Waals surface area contributed by atoms with Crippen LogP contribution in [0.5, 0.6) is 0 Å². The minimum Gasteiger partial charge on any atom is -0.341 e. The van der Waals surface area contributed by atoms with Gasteiger partial charge in [0.2, 0.25) is 0 Å².